The Labute approximate surface area is 137 Å². The highest BCUT2D eigenvalue weighted by Gasteiger charge is 2.29. The van der Waals surface area contributed by atoms with E-state index in [4.69, 9.17) is 10.5 Å². The van der Waals surface area contributed by atoms with Gasteiger partial charge in [-0.2, -0.15) is 0 Å². The molecule has 2 rings (SSSR count). The van der Waals surface area contributed by atoms with E-state index in [0.717, 1.165) is 19.3 Å². The molecule has 7 heteroatoms. The SMILES string of the molecule is CC(Oc1cccnc1)C(=O)NC1CCCC1CN.Cl.Cl. The summed E-state index contributed by atoms with van der Waals surface area (Å²) in [6, 6.07) is 3.76. The third-order valence-corrected chi connectivity index (χ3v) is 3.61. The zero-order valence-electron chi connectivity index (χ0n) is 12.0. The van der Waals surface area contributed by atoms with Crippen molar-refractivity contribution in [1.29, 1.82) is 0 Å². The number of aromatic nitrogens is 1. The average Bonchev–Trinajstić information content (AvgIpc) is 2.87. The van der Waals surface area contributed by atoms with Crippen LogP contribution in [0.5, 0.6) is 5.75 Å². The van der Waals surface area contributed by atoms with Gasteiger partial charge < -0.3 is 15.8 Å². The Kier molecular flexibility index (Phi) is 9.33. The number of amides is 1. The van der Waals surface area contributed by atoms with Gasteiger partial charge in [0.05, 0.1) is 6.20 Å². The van der Waals surface area contributed by atoms with Crippen LogP contribution in [0.4, 0.5) is 0 Å². The molecule has 120 valence electrons. The van der Waals surface area contributed by atoms with Crippen LogP contribution in [0.3, 0.4) is 0 Å². The zero-order valence-corrected chi connectivity index (χ0v) is 13.7. The van der Waals surface area contributed by atoms with E-state index in [1.165, 1.54) is 0 Å². The largest absolute Gasteiger partial charge is 0.479 e. The smallest absolute Gasteiger partial charge is 0.261 e. The van der Waals surface area contributed by atoms with Gasteiger partial charge in [-0.05, 0) is 44.4 Å². The van der Waals surface area contributed by atoms with Gasteiger partial charge in [0.15, 0.2) is 6.10 Å². The molecule has 1 heterocycles. The molecule has 1 amide bonds. The lowest BCUT2D eigenvalue weighted by molar-refractivity contribution is -0.128. The van der Waals surface area contributed by atoms with Crippen LogP contribution in [-0.2, 0) is 4.79 Å². The first-order chi connectivity index (χ1) is 9.20. The number of hydrogen-bond acceptors (Lipinski definition) is 4. The molecule has 0 spiro atoms. The highest BCUT2D eigenvalue weighted by molar-refractivity contribution is 5.85. The molecule has 0 radical (unpaired) electrons. The molecule has 5 nitrogen and oxygen atoms in total. The summed E-state index contributed by atoms with van der Waals surface area (Å²) in [6.45, 7) is 2.37. The normalized spacial score (nSPS) is 21.6. The molecule has 1 aromatic heterocycles. The maximum atomic E-state index is 12.1. The van der Waals surface area contributed by atoms with E-state index in [2.05, 4.69) is 10.3 Å². The molecule has 0 aliphatic heterocycles. The summed E-state index contributed by atoms with van der Waals surface area (Å²) >= 11 is 0. The van der Waals surface area contributed by atoms with Crippen LogP contribution in [0, 0.1) is 5.92 Å². The molecule has 1 aliphatic carbocycles. The zero-order chi connectivity index (χ0) is 13.7. The van der Waals surface area contributed by atoms with Gasteiger partial charge in [-0.3, -0.25) is 9.78 Å². The molecule has 3 unspecified atom stereocenters. The second kappa shape index (κ2) is 9.82. The number of nitrogens with zero attached hydrogens (tertiary/aromatic N) is 1. The van der Waals surface area contributed by atoms with E-state index in [9.17, 15) is 4.79 Å². The minimum Gasteiger partial charge on any atom is -0.479 e. The van der Waals surface area contributed by atoms with Crippen molar-refractivity contribution in [2.24, 2.45) is 11.7 Å². The molecular weight excluding hydrogens is 313 g/mol. The van der Waals surface area contributed by atoms with Crippen molar-refractivity contribution >= 4 is 30.7 Å². The second-order valence-electron chi connectivity index (χ2n) is 4.99. The van der Waals surface area contributed by atoms with Gasteiger partial charge in [0.1, 0.15) is 5.75 Å². The van der Waals surface area contributed by atoms with Gasteiger partial charge in [-0.25, -0.2) is 0 Å². The fraction of sp³-hybridized carbons (Fsp3) is 0.571. The van der Waals surface area contributed by atoms with Crippen LogP contribution < -0.4 is 15.8 Å². The quantitative estimate of drug-likeness (QED) is 0.861. The van der Waals surface area contributed by atoms with Crippen LogP contribution in [0.1, 0.15) is 26.2 Å². The Hall–Kier alpha value is -1.04. The van der Waals surface area contributed by atoms with Crippen LogP contribution in [0.2, 0.25) is 0 Å². The predicted molar refractivity (Wildman–Crippen MR) is 87.1 cm³/mol. The van der Waals surface area contributed by atoms with Crippen molar-refractivity contribution in [1.82, 2.24) is 10.3 Å². The molecule has 0 bridgehead atoms. The Morgan fingerprint density at radius 2 is 2.29 bits per heavy atom. The number of ether oxygens (including phenoxy) is 1. The van der Waals surface area contributed by atoms with Crippen LogP contribution >= 0.6 is 24.8 Å². The standard InChI is InChI=1S/C14H21N3O2.2ClH/c1-10(19-12-5-3-7-16-9-12)14(18)17-13-6-2-4-11(13)8-15;;/h3,5,7,9-11,13H,2,4,6,8,15H2,1H3,(H,17,18);2*1H. The third kappa shape index (κ3) is 5.69. The van der Waals surface area contributed by atoms with E-state index in [-0.39, 0.29) is 36.8 Å². The Morgan fingerprint density at radius 1 is 1.52 bits per heavy atom. The number of nitrogens with one attached hydrogen (secondary N) is 1. The number of pyridine rings is 1. The third-order valence-electron chi connectivity index (χ3n) is 3.61. The molecule has 21 heavy (non-hydrogen) atoms. The first-order valence-electron chi connectivity index (χ1n) is 6.78. The van der Waals surface area contributed by atoms with Gasteiger partial charge in [0, 0.05) is 12.2 Å². The molecule has 3 atom stereocenters. The maximum absolute atomic E-state index is 12.1. The summed E-state index contributed by atoms with van der Waals surface area (Å²) in [5.74, 6) is 0.913. The van der Waals surface area contributed by atoms with E-state index in [1.54, 1.807) is 31.5 Å². The van der Waals surface area contributed by atoms with Crippen LogP contribution in [0.25, 0.3) is 0 Å². The fourth-order valence-corrected chi connectivity index (χ4v) is 2.48. The van der Waals surface area contributed by atoms with Crippen molar-refractivity contribution in [2.45, 2.75) is 38.3 Å². The molecular formula is C14H23Cl2N3O2. The maximum Gasteiger partial charge on any atom is 0.261 e. The van der Waals surface area contributed by atoms with Crippen LogP contribution in [-0.4, -0.2) is 29.6 Å². The summed E-state index contributed by atoms with van der Waals surface area (Å²) in [5.41, 5.74) is 5.71. The van der Waals surface area contributed by atoms with Crippen molar-refractivity contribution in [3.63, 3.8) is 0 Å². The minimum absolute atomic E-state index is 0. The predicted octanol–water partition coefficient (Wildman–Crippen LogP) is 1.94. The number of carbonyl (C=O) groups excluding carboxylic acids is 1. The Balaban J connectivity index is 0.00000200. The summed E-state index contributed by atoms with van der Waals surface area (Å²) in [4.78, 5) is 16.0. The molecule has 1 aliphatic rings. The monoisotopic (exact) mass is 335 g/mol. The number of carbonyl (C=O) groups is 1. The summed E-state index contributed by atoms with van der Waals surface area (Å²) in [5, 5.41) is 3.04. The summed E-state index contributed by atoms with van der Waals surface area (Å²) in [7, 11) is 0. The van der Waals surface area contributed by atoms with Crippen molar-refractivity contribution in [3.8, 4) is 5.75 Å². The van der Waals surface area contributed by atoms with Crippen LogP contribution in [0.15, 0.2) is 24.5 Å². The molecule has 1 fully saturated rings. The second-order valence-corrected chi connectivity index (χ2v) is 4.99. The molecule has 1 saturated carbocycles. The fourth-order valence-electron chi connectivity index (χ4n) is 2.48. The number of hydrogen-bond donors (Lipinski definition) is 2. The molecule has 0 saturated heterocycles. The lowest BCUT2D eigenvalue weighted by Crippen LogP contribution is -2.45. The van der Waals surface area contributed by atoms with Gasteiger partial charge in [-0.1, -0.05) is 6.42 Å². The minimum atomic E-state index is -0.525. The van der Waals surface area contributed by atoms with Crippen molar-refractivity contribution < 1.29 is 9.53 Å². The van der Waals surface area contributed by atoms with E-state index < -0.39 is 6.10 Å². The summed E-state index contributed by atoms with van der Waals surface area (Å²) in [6.07, 6.45) is 5.98. The van der Waals surface area contributed by atoms with Gasteiger partial charge in [-0.15, -0.1) is 24.8 Å². The Bertz CT molecular complexity index is 420. The Morgan fingerprint density at radius 3 is 2.90 bits per heavy atom. The highest BCUT2D eigenvalue weighted by atomic mass is 35.5. The van der Waals surface area contributed by atoms with Crippen molar-refractivity contribution in [3.05, 3.63) is 24.5 Å². The topological polar surface area (TPSA) is 77.2 Å². The van der Waals surface area contributed by atoms with Gasteiger partial charge in [0.25, 0.3) is 5.91 Å². The van der Waals surface area contributed by atoms with E-state index in [0.29, 0.717) is 18.2 Å². The average molecular weight is 336 g/mol. The number of rotatable bonds is 5. The highest BCUT2D eigenvalue weighted by Crippen LogP contribution is 2.24. The molecule has 1 aromatic rings. The number of halogens is 2. The van der Waals surface area contributed by atoms with Gasteiger partial charge in [0.2, 0.25) is 0 Å². The lowest BCUT2D eigenvalue weighted by Gasteiger charge is -2.22. The lowest BCUT2D eigenvalue weighted by atomic mass is 10.0. The van der Waals surface area contributed by atoms with Crippen molar-refractivity contribution in [2.75, 3.05) is 6.54 Å². The first-order valence-corrected chi connectivity index (χ1v) is 6.78. The molecule has 3 N–H and O–H groups in total. The van der Waals surface area contributed by atoms with E-state index in [1.807, 2.05) is 0 Å². The first kappa shape index (κ1) is 20.0. The van der Waals surface area contributed by atoms with Gasteiger partial charge >= 0.3 is 0 Å². The summed E-state index contributed by atoms with van der Waals surface area (Å²) < 4.78 is 5.55. The molecule has 0 aromatic carbocycles. The van der Waals surface area contributed by atoms with E-state index >= 15 is 0 Å². The number of nitrogens with two attached hydrogens (primary N) is 1.